The molecule has 0 heterocycles. The number of hydrogen-bond acceptors (Lipinski definition) is 3. The average molecular weight is 381 g/mol. The minimum Gasteiger partial charge on any atom is -0.393 e. The number of hydrogen-bond donors (Lipinski definition) is 1. The highest BCUT2D eigenvalue weighted by molar-refractivity contribution is 5.11. The van der Waals surface area contributed by atoms with E-state index in [2.05, 4.69) is 26.8 Å². The van der Waals surface area contributed by atoms with Crippen LogP contribution in [-0.4, -0.2) is 30.7 Å². The first kappa shape index (κ1) is 22.9. The van der Waals surface area contributed by atoms with Gasteiger partial charge in [-0.05, 0) is 88.9 Å². The van der Waals surface area contributed by atoms with Gasteiger partial charge in [0.05, 0.1) is 6.10 Å². The Labute approximate surface area is 167 Å². The van der Waals surface area contributed by atoms with E-state index in [-0.39, 0.29) is 12.4 Å². The topological polar surface area (TPSA) is 38.7 Å². The number of unbranched alkanes of at least 4 members (excludes halogenated alkanes) is 1. The third-order valence-electron chi connectivity index (χ3n) is 7.20. The molecule has 0 aromatic rings. The number of aliphatic hydroxyl groups excluding tert-OH is 1. The molecule has 0 radical (unpaired) electrons. The highest BCUT2D eigenvalue weighted by Gasteiger charge is 2.41. The van der Waals surface area contributed by atoms with Gasteiger partial charge in [0.15, 0.2) is 6.29 Å². The lowest BCUT2D eigenvalue weighted by molar-refractivity contribution is -0.140. The Hall–Kier alpha value is -0.380. The van der Waals surface area contributed by atoms with E-state index in [9.17, 15) is 5.11 Å². The number of fused-ring (bicyclic) bond motifs is 1. The molecule has 2 aliphatic rings. The van der Waals surface area contributed by atoms with E-state index < -0.39 is 0 Å². The van der Waals surface area contributed by atoms with E-state index in [0.29, 0.717) is 31.0 Å². The van der Waals surface area contributed by atoms with Crippen LogP contribution in [0, 0.1) is 29.6 Å². The van der Waals surface area contributed by atoms with Crippen LogP contribution in [0.3, 0.4) is 0 Å². The van der Waals surface area contributed by atoms with Crippen molar-refractivity contribution in [3.63, 3.8) is 0 Å². The van der Waals surface area contributed by atoms with Crippen LogP contribution in [0.5, 0.6) is 0 Å². The molecule has 0 saturated heterocycles. The smallest absolute Gasteiger partial charge is 0.157 e. The normalized spacial score (nSPS) is 30.7. The lowest BCUT2D eigenvalue weighted by Gasteiger charge is -2.46. The van der Waals surface area contributed by atoms with Crippen molar-refractivity contribution in [1.29, 1.82) is 0 Å². The summed E-state index contributed by atoms with van der Waals surface area (Å²) in [6.07, 6.45) is 11.5. The molecule has 158 valence electrons. The molecule has 2 aliphatic carbocycles. The van der Waals surface area contributed by atoms with Crippen molar-refractivity contribution in [3.05, 3.63) is 11.6 Å². The molecule has 0 spiro atoms. The quantitative estimate of drug-likeness (QED) is 0.273. The Morgan fingerprint density at radius 3 is 2.41 bits per heavy atom. The fourth-order valence-corrected chi connectivity index (χ4v) is 5.50. The van der Waals surface area contributed by atoms with Crippen molar-refractivity contribution in [1.82, 2.24) is 0 Å². The van der Waals surface area contributed by atoms with Gasteiger partial charge in [0.2, 0.25) is 0 Å². The zero-order chi connectivity index (χ0) is 19.8. The second-order valence-corrected chi connectivity index (χ2v) is 9.06. The van der Waals surface area contributed by atoms with Crippen molar-refractivity contribution >= 4 is 0 Å². The van der Waals surface area contributed by atoms with E-state index in [1.165, 1.54) is 25.7 Å². The van der Waals surface area contributed by atoms with E-state index in [0.717, 1.165) is 37.5 Å². The van der Waals surface area contributed by atoms with Gasteiger partial charge in [0, 0.05) is 13.2 Å². The fraction of sp³-hybridized carbons (Fsp3) is 0.917. The molecular weight excluding hydrogens is 336 g/mol. The first-order chi connectivity index (χ1) is 13.0. The summed E-state index contributed by atoms with van der Waals surface area (Å²) < 4.78 is 11.2. The van der Waals surface area contributed by atoms with Gasteiger partial charge in [0.1, 0.15) is 0 Å². The summed E-state index contributed by atoms with van der Waals surface area (Å²) in [6, 6.07) is 0. The molecule has 3 nitrogen and oxygen atoms in total. The fourth-order valence-electron chi connectivity index (χ4n) is 5.50. The minimum atomic E-state index is -0.183. The van der Waals surface area contributed by atoms with E-state index in [1.807, 2.05) is 13.8 Å². The highest BCUT2D eigenvalue weighted by atomic mass is 16.7. The summed E-state index contributed by atoms with van der Waals surface area (Å²) in [6.45, 7) is 12.4. The Kier molecular flexibility index (Phi) is 9.82. The van der Waals surface area contributed by atoms with Crippen LogP contribution in [0.1, 0.15) is 86.0 Å². The Balaban J connectivity index is 1.81. The molecule has 6 atom stereocenters. The SMILES string of the molecule is CCOC(CCCC[C@@H](O)[C@H](C)[C@@H]1CC[C@@H](C)[C@@H]2CCC(C)=C[C@@H]21)OCC. The molecule has 1 fully saturated rings. The summed E-state index contributed by atoms with van der Waals surface area (Å²) in [7, 11) is 0. The first-order valence-electron chi connectivity index (χ1n) is 11.6. The van der Waals surface area contributed by atoms with Crippen LogP contribution in [0.15, 0.2) is 11.6 Å². The largest absolute Gasteiger partial charge is 0.393 e. The number of aliphatic hydroxyl groups is 1. The molecular formula is C24H44O3. The summed E-state index contributed by atoms with van der Waals surface area (Å²) in [5, 5.41) is 10.9. The van der Waals surface area contributed by atoms with E-state index in [4.69, 9.17) is 9.47 Å². The first-order valence-corrected chi connectivity index (χ1v) is 11.6. The molecule has 3 heteroatoms. The third kappa shape index (κ3) is 6.58. The Bertz CT molecular complexity index is 441. The Morgan fingerprint density at radius 1 is 1.07 bits per heavy atom. The van der Waals surface area contributed by atoms with Gasteiger partial charge in [-0.3, -0.25) is 0 Å². The molecule has 0 aromatic heterocycles. The van der Waals surface area contributed by atoms with Gasteiger partial charge in [0.25, 0.3) is 0 Å². The van der Waals surface area contributed by atoms with Gasteiger partial charge in [-0.15, -0.1) is 0 Å². The van der Waals surface area contributed by atoms with E-state index >= 15 is 0 Å². The number of rotatable bonds is 11. The van der Waals surface area contributed by atoms with E-state index in [1.54, 1.807) is 5.57 Å². The molecule has 27 heavy (non-hydrogen) atoms. The lowest BCUT2D eigenvalue weighted by Crippen LogP contribution is -2.40. The van der Waals surface area contributed by atoms with Crippen molar-refractivity contribution in [2.24, 2.45) is 29.6 Å². The summed E-state index contributed by atoms with van der Waals surface area (Å²) in [4.78, 5) is 0. The second-order valence-electron chi connectivity index (χ2n) is 9.06. The average Bonchev–Trinajstić information content (AvgIpc) is 2.65. The van der Waals surface area contributed by atoms with Crippen LogP contribution >= 0.6 is 0 Å². The number of allylic oxidation sites excluding steroid dienone is 2. The molecule has 0 aromatic carbocycles. The van der Waals surface area contributed by atoms with Crippen molar-refractivity contribution in [2.75, 3.05) is 13.2 Å². The Morgan fingerprint density at radius 2 is 1.74 bits per heavy atom. The van der Waals surface area contributed by atoms with Crippen LogP contribution in [0.2, 0.25) is 0 Å². The maximum Gasteiger partial charge on any atom is 0.157 e. The maximum atomic E-state index is 10.9. The molecule has 2 rings (SSSR count). The van der Waals surface area contributed by atoms with Crippen molar-refractivity contribution in [2.45, 2.75) is 98.4 Å². The standard InChI is InChI=1S/C24H44O3/c1-6-26-24(27-7-2)11-9-8-10-23(25)19(5)21-15-13-18(4)20-14-12-17(3)16-22(20)21/h16,18-25H,6-15H2,1-5H3/t18-,19-,20+,21+,22+,23-/m1/s1. The monoisotopic (exact) mass is 380 g/mol. The zero-order valence-electron chi connectivity index (χ0n) is 18.5. The van der Waals surface area contributed by atoms with Crippen LogP contribution in [-0.2, 0) is 9.47 Å². The van der Waals surface area contributed by atoms with Crippen molar-refractivity contribution < 1.29 is 14.6 Å². The van der Waals surface area contributed by atoms with Crippen molar-refractivity contribution in [3.8, 4) is 0 Å². The molecule has 1 saturated carbocycles. The van der Waals surface area contributed by atoms with Gasteiger partial charge in [-0.2, -0.15) is 0 Å². The molecule has 0 amide bonds. The summed E-state index contributed by atoms with van der Waals surface area (Å²) in [5.74, 6) is 3.40. The van der Waals surface area contributed by atoms with Crippen LogP contribution in [0.25, 0.3) is 0 Å². The maximum absolute atomic E-state index is 10.9. The van der Waals surface area contributed by atoms with Gasteiger partial charge < -0.3 is 14.6 Å². The van der Waals surface area contributed by atoms with Gasteiger partial charge in [-0.25, -0.2) is 0 Å². The third-order valence-corrected chi connectivity index (χ3v) is 7.20. The molecule has 0 bridgehead atoms. The molecule has 0 unspecified atom stereocenters. The van der Waals surface area contributed by atoms with Gasteiger partial charge in [-0.1, -0.05) is 38.3 Å². The highest BCUT2D eigenvalue weighted by Crippen LogP contribution is 2.48. The molecule has 1 N–H and O–H groups in total. The summed E-state index contributed by atoms with van der Waals surface area (Å²) >= 11 is 0. The number of ether oxygens (including phenoxy) is 2. The van der Waals surface area contributed by atoms with Gasteiger partial charge >= 0.3 is 0 Å². The molecule has 0 aliphatic heterocycles. The van der Waals surface area contributed by atoms with Crippen LogP contribution in [0.4, 0.5) is 0 Å². The summed E-state index contributed by atoms with van der Waals surface area (Å²) in [5.41, 5.74) is 1.56. The zero-order valence-corrected chi connectivity index (χ0v) is 18.5. The predicted octanol–water partition coefficient (Wildman–Crippen LogP) is 5.96. The minimum absolute atomic E-state index is 0.0782. The van der Waals surface area contributed by atoms with Crippen LogP contribution < -0.4 is 0 Å². The lowest BCUT2D eigenvalue weighted by atomic mass is 9.59. The second kappa shape index (κ2) is 11.6. The predicted molar refractivity (Wildman–Crippen MR) is 113 cm³/mol.